The zero-order valence-corrected chi connectivity index (χ0v) is 18.4. The quantitative estimate of drug-likeness (QED) is 0.180. The van der Waals surface area contributed by atoms with E-state index in [4.69, 9.17) is 4.42 Å². The zero-order valence-electron chi connectivity index (χ0n) is 18.4. The molecule has 7 nitrogen and oxygen atoms in total. The number of aromatic nitrogens is 2. The molecule has 0 bridgehead atoms. The minimum Gasteiger partial charge on any atom is -0.422 e. The summed E-state index contributed by atoms with van der Waals surface area (Å²) in [5, 5.41) is 9.52. The Morgan fingerprint density at radius 1 is 0.972 bits per heavy atom. The minimum atomic E-state index is -4.77. The standard InChI is InChI=1S/C26H17F3N4O3/c27-26(28,29)36-21-12-10-19(11-13-21)31-30-15-18-16-33(20-7-2-1-3-8-20)32-24(18)22-14-17-6-4-5-9-23(17)35-25(22)34/h1-16,31H. The summed E-state index contributed by atoms with van der Waals surface area (Å²) < 4.78 is 48.0. The van der Waals surface area contributed by atoms with Crippen LogP contribution in [-0.4, -0.2) is 22.4 Å². The molecule has 0 saturated carbocycles. The van der Waals surface area contributed by atoms with Crippen LogP contribution in [0.25, 0.3) is 27.9 Å². The van der Waals surface area contributed by atoms with E-state index < -0.39 is 12.0 Å². The van der Waals surface area contributed by atoms with E-state index in [1.54, 1.807) is 29.1 Å². The smallest absolute Gasteiger partial charge is 0.422 e. The van der Waals surface area contributed by atoms with Crippen molar-refractivity contribution in [3.63, 3.8) is 0 Å². The van der Waals surface area contributed by atoms with Crippen molar-refractivity contribution in [3.05, 3.63) is 107 Å². The number of fused-ring (bicyclic) bond motifs is 1. The Hall–Kier alpha value is -4.86. The lowest BCUT2D eigenvalue weighted by molar-refractivity contribution is -0.274. The lowest BCUT2D eigenvalue weighted by Crippen LogP contribution is -2.16. The summed E-state index contributed by atoms with van der Waals surface area (Å²) >= 11 is 0. The van der Waals surface area contributed by atoms with Gasteiger partial charge >= 0.3 is 12.0 Å². The second-order valence-electron chi connectivity index (χ2n) is 7.64. The monoisotopic (exact) mass is 490 g/mol. The molecule has 0 atom stereocenters. The van der Waals surface area contributed by atoms with E-state index in [-0.39, 0.29) is 11.3 Å². The van der Waals surface area contributed by atoms with E-state index in [9.17, 15) is 18.0 Å². The molecule has 0 unspecified atom stereocenters. The molecule has 2 aromatic heterocycles. The lowest BCUT2D eigenvalue weighted by atomic mass is 10.1. The fourth-order valence-corrected chi connectivity index (χ4v) is 3.54. The van der Waals surface area contributed by atoms with Gasteiger partial charge in [0.1, 0.15) is 17.0 Å². The third kappa shape index (κ3) is 5.12. The second-order valence-corrected chi connectivity index (χ2v) is 7.64. The topological polar surface area (TPSA) is 81.7 Å². The van der Waals surface area contributed by atoms with E-state index >= 15 is 0 Å². The molecule has 0 saturated heterocycles. The molecule has 5 aromatic rings. The maximum absolute atomic E-state index is 12.8. The SMILES string of the molecule is O=c1oc2ccccc2cc1-c1nn(-c2ccccc2)cc1C=NNc1ccc(OC(F)(F)F)cc1. The van der Waals surface area contributed by atoms with Gasteiger partial charge in [0.15, 0.2) is 0 Å². The number of benzene rings is 3. The normalized spacial score (nSPS) is 11.8. The fraction of sp³-hybridized carbons (Fsp3) is 0.0385. The molecule has 0 fully saturated rings. The van der Waals surface area contributed by atoms with E-state index in [1.165, 1.54) is 30.5 Å². The summed E-state index contributed by atoms with van der Waals surface area (Å²) in [6.45, 7) is 0. The number of anilines is 1. The number of nitrogens with zero attached hydrogens (tertiary/aromatic N) is 3. The van der Waals surface area contributed by atoms with Crippen LogP contribution < -0.4 is 15.8 Å². The molecule has 5 rings (SSSR count). The van der Waals surface area contributed by atoms with Crippen molar-refractivity contribution in [1.82, 2.24) is 9.78 Å². The first-order valence-corrected chi connectivity index (χ1v) is 10.7. The molecule has 0 spiro atoms. The van der Waals surface area contributed by atoms with Gasteiger partial charge in [0.25, 0.3) is 0 Å². The average Bonchev–Trinajstić information content (AvgIpc) is 3.28. The van der Waals surface area contributed by atoms with Gasteiger partial charge in [-0.3, -0.25) is 5.43 Å². The zero-order chi connectivity index (χ0) is 25.1. The number of ether oxygens (including phenoxy) is 1. The van der Waals surface area contributed by atoms with Crippen molar-refractivity contribution < 1.29 is 22.3 Å². The summed E-state index contributed by atoms with van der Waals surface area (Å²) in [4.78, 5) is 12.8. The van der Waals surface area contributed by atoms with Crippen LogP contribution in [0.15, 0.2) is 105 Å². The fourth-order valence-electron chi connectivity index (χ4n) is 3.54. The van der Waals surface area contributed by atoms with Crippen LogP contribution in [-0.2, 0) is 0 Å². The van der Waals surface area contributed by atoms with Gasteiger partial charge in [-0.2, -0.15) is 10.2 Å². The summed E-state index contributed by atoms with van der Waals surface area (Å²) in [6.07, 6.45) is -1.58. The Balaban J connectivity index is 1.48. The largest absolute Gasteiger partial charge is 0.573 e. The number of hydrogen-bond donors (Lipinski definition) is 1. The number of alkyl halides is 3. The van der Waals surface area contributed by atoms with Gasteiger partial charge in [-0.25, -0.2) is 9.48 Å². The molecule has 2 heterocycles. The van der Waals surface area contributed by atoms with Gasteiger partial charge in [0.2, 0.25) is 0 Å². The Kier molecular flexibility index (Phi) is 5.99. The highest BCUT2D eigenvalue weighted by Gasteiger charge is 2.30. The Bertz CT molecular complexity index is 1590. The van der Waals surface area contributed by atoms with E-state index in [0.717, 1.165) is 11.1 Å². The molecule has 0 aliphatic carbocycles. The van der Waals surface area contributed by atoms with Crippen LogP contribution >= 0.6 is 0 Å². The first-order valence-electron chi connectivity index (χ1n) is 10.7. The van der Waals surface area contributed by atoms with E-state index in [2.05, 4.69) is 20.4 Å². The number of halogens is 3. The average molecular weight is 490 g/mol. The van der Waals surface area contributed by atoms with Crippen LogP contribution in [0.2, 0.25) is 0 Å². The molecule has 0 amide bonds. The van der Waals surface area contributed by atoms with Crippen LogP contribution in [0.5, 0.6) is 5.75 Å². The van der Waals surface area contributed by atoms with Crippen molar-refractivity contribution in [2.75, 3.05) is 5.43 Å². The third-order valence-electron chi connectivity index (χ3n) is 5.14. The Labute approximate surface area is 202 Å². The summed E-state index contributed by atoms with van der Waals surface area (Å²) in [7, 11) is 0. The number of hydrogen-bond acceptors (Lipinski definition) is 6. The van der Waals surface area contributed by atoms with E-state index in [0.29, 0.717) is 22.5 Å². The van der Waals surface area contributed by atoms with Crippen LogP contribution in [0.4, 0.5) is 18.9 Å². The summed E-state index contributed by atoms with van der Waals surface area (Å²) in [5.74, 6) is -0.341. The third-order valence-corrected chi connectivity index (χ3v) is 5.14. The predicted octanol–water partition coefficient (Wildman–Crippen LogP) is 5.99. The molecular formula is C26H17F3N4O3. The molecule has 0 aliphatic rings. The number of hydrazone groups is 1. The van der Waals surface area contributed by atoms with Gasteiger partial charge in [-0.05, 0) is 48.5 Å². The maximum atomic E-state index is 12.8. The summed E-state index contributed by atoms with van der Waals surface area (Å²) in [5.41, 5.74) is 5.01. The van der Waals surface area contributed by atoms with Crippen molar-refractivity contribution >= 4 is 22.9 Å². The highest BCUT2D eigenvalue weighted by Crippen LogP contribution is 2.25. The second kappa shape index (κ2) is 9.41. The minimum absolute atomic E-state index is 0.262. The van der Waals surface area contributed by atoms with Crippen molar-refractivity contribution in [1.29, 1.82) is 0 Å². The lowest BCUT2D eigenvalue weighted by Gasteiger charge is -2.08. The van der Waals surface area contributed by atoms with Crippen molar-refractivity contribution in [2.45, 2.75) is 6.36 Å². The maximum Gasteiger partial charge on any atom is 0.573 e. The molecule has 10 heteroatoms. The summed E-state index contributed by atoms with van der Waals surface area (Å²) in [6, 6.07) is 23.3. The van der Waals surface area contributed by atoms with Gasteiger partial charge < -0.3 is 9.15 Å². The number of nitrogens with one attached hydrogen (secondary N) is 1. The first-order chi connectivity index (χ1) is 17.4. The highest BCUT2D eigenvalue weighted by atomic mass is 19.4. The van der Waals surface area contributed by atoms with Crippen LogP contribution in [0.3, 0.4) is 0 Å². The predicted molar refractivity (Wildman–Crippen MR) is 129 cm³/mol. The van der Waals surface area contributed by atoms with E-state index in [1.807, 2.05) is 42.5 Å². The Morgan fingerprint density at radius 3 is 2.44 bits per heavy atom. The van der Waals surface area contributed by atoms with Crippen molar-refractivity contribution in [2.24, 2.45) is 5.10 Å². The Morgan fingerprint density at radius 2 is 1.69 bits per heavy atom. The highest BCUT2D eigenvalue weighted by molar-refractivity contribution is 5.91. The molecular weight excluding hydrogens is 473 g/mol. The molecule has 1 N–H and O–H groups in total. The van der Waals surface area contributed by atoms with Crippen molar-refractivity contribution in [3.8, 4) is 22.7 Å². The molecule has 3 aromatic carbocycles. The van der Waals surface area contributed by atoms with Crippen LogP contribution in [0.1, 0.15) is 5.56 Å². The van der Waals surface area contributed by atoms with Gasteiger partial charge in [0.05, 0.1) is 23.2 Å². The number of para-hydroxylation sites is 2. The molecule has 0 radical (unpaired) electrons. The molecule has 180 valence electrons. The molecule has 0 aliphatic heterocycles. The first kappa shape index (κ1) is 22.9. The van der Waals surface area contributed by atoms with Gasteiger partial charge in [-0.1, -0.05) is 36.4 Å². The van der Waals surface area contributed by atoms with Gasteiger partial charge in [0, 0.05) is 17.1 Å². The number of rotatable bonds is 6. The van der Waals surface area contributed by atoms with Gasteiger partial charge in [-0.15, -0.1) is 13.2 Å². The molecule has 36 heavy (non-hydrogen) atoms. The van der Waals surface area contributed by atoms with Crippen LogP contribution in [0, 0.1) is 0 Å².